The Morgan fingerprint density at radius 3 is 2.70 bits per heavy atom. The fourth-order valence-corrected chi connectivity index (χ4v) is 1.89. The molecule has 2 rings (SSSR count). The number of aromatic carboxylic acids is 1. The number of likely N-dealkylation sites (N-methyl/N-ethyl adjacent to an activating group) is 1. The minimum atomic E-state index is -1.06. The maximum absolute atomic E-state index is 10.7. The summed E-state index contributed by atoms with van der Waals surface area (Å²) in [4.78, 5) is 12.8. The first-order chi connectivity index (χ1) is 9.54. The van der Waals surface area contributed by atoms with Crippen LogP contribution in [0.4, 0.5) is 0 Å². The van der Waals surface area contributed by atoms with Gasteiger partial charge in [0.2, 0.25) is 0 Å². The molecule has 2 aromatic rings. The van der Waals surface area contributed by atoms with Crippen molar-refractivity contribution in [3.05, 3.63) is 46.7 Å². The van der Waals surface area contributed by atoms with Crippen molar-refractivity contribution in [1.29, 1.82) is 0 Å². The molecule has 0 amide bonds. The van der Waals surface area contributed by atoms with Crippen LogP contribution in [0.2, 0.25) is 5.02 Å². The average molecular weight is 295 g/mol. The first-order valence-corrected chi connectivity index (χ1v) is 6.49. The largest absolute Gasteiger partial charge is 0.476 e. The molecule has 1 aromatic carbocycles. The van der Waals surface area contributed by atoms with E-state index in [2.05, 4.69) is 15.2 Å². The van der Waals surface area contributed by atoms with Gasteiger partial charge in [0.25, 0.3) is 0 Å². The molecule has 1 N–H and O–H groups in total. The van der Waals surface area contributed by atoms with Gasteiger partial charge in [-0.2, -0.15) is 0 Å². The summed E-state index contributed by atoms with van der Waals surface area (Å²) in [5.41, 5.74) is 1.13. The van der Waals surface area contributed by atoms with Gasteiger partial charge in [-0.1, -0.05) is 28.9 Å². The lowest BCUT2D eigenvalue weighted by Crippen LogP contribution is -2.23. The number of rotatable bonds is 6. The summed E-state index contributed by atoms with van der Waals surface area (Å²) in [7, 11) is 1.99. The van der Waals surface area contributed by atoms with Crippen molar-refractivity contribution in [3.63, 3.8) is 0 Å². The summed E-state index contributed by atoms with van der Waals surface area (Å²) in [6.07, 6.45) is 1.43. The Morgan fingerprint density at radius 1 is 1.40 bits per heavy atom. The molecule has 1 aromatic heterocycles. The zero-order chi connectivity index (χ0) is 14.5. The van der Waals surface area contributed by atoms with Crippen LogP contribution in [0, 0.1) is 0 Å². The summed E-state index contributed by atoms with van der Waals surface area (Å²) in [5, 5.41) is 16.8. The lowest BCUT2D eigenvalue weighted by atomic mass is 10.2. The van der Waals surface area contributed by atoms with Crippen LogP contribution in [0.1, 0.15) is 16.1 Å². The molecule has 20 heavy (non-hydrogen) atoms. The lowest BCUT2D eigenvalue weighted by molar-refractivity contribution is 0.0690. The molecule has 0 aliphatic heterocycles. The van der Waals surface area contributed by atoms with E-state index in [1.807, 2.05) is 31.3 Å². The van der Waals surface area contributed by atoms with Gasteiger partial charge in [0.15, 0.2) is 5.69 Å². The maximum Gasteiger partial charge on any atom is 0.358 e. The predicted octanol–water partition coefficient (Wildman–Crippen LogP) is 1.76. The van der Waals surface area contributed by atoms with Crippen molar-refractivity contribution < 1.29 is 9.90 Å². The summed E-state index contributed by atoms with van der Waals surface area (Å²) in [6.45, 7) is 2.12. The Morgan fingerprint density at radius 2 is 2.10 bits per heavy atom. The zero-order valence-electron chi connectivity index (χ0n) is 11.0. The van der Waals surface area contributed by atoms with Crippen molar-refractivity contribution >= 4 is 17.6 Å². The van der Waals surface area contributed by atoms with E-state index in [9.17, 15) is 4.79 Å². The van der Waals surface area contributed by atoms with Gasteiger partial charge >= 0.3 is 5.97 Å². The molecule has 0 aliphatic rings. The van der Waals surface area contributed by atoms with Gasteiger partial charge in [-0.25, -0.2) is 4.79 Å². The van der Waals surface area contributed by atoms with E-state index < -0.39 is 5.97 Å². The number of hydrogen-bond donors (Lipinski definition) is 1. The Bertz CT molecular complexity index is 582. The Hall–Kier alpha value is -1.92. The van der Waals surface area contributed by atoms with Gasteiger partial charge in [-0.15, -0.1) is 5.10 Å². The predicted molar refractivity (Wildman–Crippen MR) is 74.8 cm³/mol. The van der Waals surface area contributed by atoms with E-state index in [0.29, 0.717) is 6.54 Å². The quantitative estimate of drug-likeness (QED) is 0.879. The molecule has 0 spiro atoms. The molecular weight excluding hydrogens is 280 g/mol. The van der Waals surface area contributed by atoms with Crippen molar-refractivity contribution in [3.8, 4) is 0 Å². The topological polar surface area (TPSA) is 71.2 Å². The summed E-state index contributed by atoms with van der Waals surface area (Å²) < 4.78 is 1.53. The van der Waals surface area contributed by atoms with E-state index in [4.69, 9.17) is 16.7 Å². The monoisotopic (exact) mass is 294 g/mol. The van der Waals surface area contributed by atoms with E-state index in [0.717, 1.165) is 18.1 Å². The fourth-order valence-electron chi connectivity index (χ4n) is 1.76. The van der Waals surface area contributed by atoms with Crippen molar-refractivity contribution in [2.45, 2.75) is 13.1 Å². The van der Waals surface area contributed by atoms with Gasteiger partial charge in [0.1, 0.15) is 0 Å². The maximum atomic E-state index is 10.7. The van der Waals surface area contributed by atoms with Crippen LogP contribution in [0.3, 0.4) is 0 Å². The first-order valence-electron chi connectivity index (χ1n) is 6.11. The molecular formula is C13H15ClN4O2. The van der Waals surface area contributed by atoms with Crippen LogP contribution in [0.5, 0.6) is 0 Å². The van der Waals surface area contributed by atoms with Crippen LogP contribution < -0.4 is 0 Å². The molecule has 0 radical (unpaired) electrons. The summed E-state index contributed by atoms with van der Waals surface area (Å²) in [6, 6.07) is 7.69. The van der Waals surface area contributed by atoms with Crippen LogP contribution in [0.25, 0.3) is 0 Å². The third-order valence-electron chi connectivity index (χ3n) is 2.83. The second-order valence-electron chi connectivity index (χ2n) is 4.54. The number of aromatic nitrogens is 3. The highest BCUT2D eigenvalue weighted by atomic mass is 35.5. The number of carbonyl (C=O) groups is 1. The van der Waals surface area contributed by atoms with Gasteiger partial charge in [0.05, 0.1) is 12.7 Å². The number of nitrogens with zero attached hydrogens (tertiary/aromatic N) is 4. The second kappa shape index (κ2) is 6.49. The van der Waals surface area contributed by atoms with Crippen LogP contribution in [0.15, 0.2) is 30.5 Å². The minimum absolute atomic E-state index is 0.0367. The lowest BCUT2D eigenvalue weighted by Gasteiger charge is -2.16. The molecule has 0 fully saturated rings. The van der Waals surface area contributed by atoms with E-state index in [1.54, 1.807) is 0 Å². The summed E-state index contributed by atoms with van der Waals surface area (Å²) >= 11 is 5.84. The molecule has 0 aliphatic carbocycles. The highest BCUT2D eigenvalue weighted by Gasteiger charge is 2.08. The Labute approximate surface area is 121 Å². The summed E-state index contributed by atoms with van der Waals surface area (Å²) in [5.74, 6) is -1.06. The first kappa shape index (κ1) is 14.5. The second-order valence-corrected chi connectivity index (χ2v) is 4.97. The minimum Gasteiger partial charge on any atom is -0.476 e. The van der Waals surface area contributed by atoms with E-state index in [1.165, 1.54) is 16.4 Å². The molecule has 106 valence electrons. The van der Waals surface area contributed by atoms with Gasteiger partial charge < -0.3 is 10.0 Å². The Kier molecular flexibility index (Phi) is 4.70. The van der Waals surface area contributed by atoms with Crippen molar-refractivity contribution in [2.24, 2.45) is 0 Å². The molecule has 1 heterocycles. The molecule has 0 saturated heterocycles. The SMILES string of the molecule is CN(CCn1cc(C(=O)O)nn1)Cc1ccc(Cl)cc1. The highest BCUT2D eigenvalue weighted by molar-refractivity contribution is 6.30. The number of carboxylic acids is 1. The third-order valence-corrected chi connectivity index (χ3v) is 3.09. The average Bonchev–Trinajstić information content (AvgIpc) is 2.88. The molecule has 0 atom stereocenters. The molecule has 0 bridgehead atoms. The van der Waals surface area contributed by atoms with Crippen LogP contribution in [-0.2, 0) is 13.1 Å². The molecule has 6 nitrogen and oxygen atoms in total. The number of halogens is 1. The zero-order valence-corrected chi connectivity index (χ0v) is 11.8. The smallest absolute Gasteiger partial charge is 0.358 e. The fraction of sp³-hybridized carbons (Fsp3) is 0.308. The highest BCUT2D eigenvalue weighted by Crippen LogP contribution is 2.10. The molecule has 0 saturated carbocycles. The Balaban J connectivity index is 1.83. The van der Waals surface area contributed by atoms with Crippen molar-refractivity contribution in [2.75, 3.05) is 13.6 Å². The van der Waals surface area contributed by atoms with Gasteiger partial charge in [-0.3, -0.25) is 4.68 Å². The van der Waals surface area contributed by atoms with Crippen LogP contribution >= 0.6 is 11.6 Å². The number of carboxylic acid groups (broad SMARTS) is 1. The van der Waals surface area contributed by atoms with Crippen molar-refractivity contribution in [1.82, 2.24) is 19.9 Å². The van der Waals surface area contributed by atoms with E-state index >= 15 is 0 Å². The molecule has 0 unspecified atom stereocenters. The third kappa shape index (κ3) is 4.04. The standard InChI is InChI=1S/C13H15ClN4O2/c1-17(8-10-2-4-11(14)5-3-10)6-7-18-9-12(13(19)20)15-16-18/h2-5,9H,6-8H2,1H3,(H,19,20). The molecule has 7 heteroatoms. The van der Waals surface area contributed by atoms with Gasteiger partial charge in [0, 0.05) is 18.1 Å². The number of benzene rings is 1. The number of hydrogen-bond acceptors (Lipinski definition) is 4. The normalized spacial score (nSPS) is 10.9. The van der Waals surface area contributed by atoms with Gasteiger partial charge in [-0.05, 0) is 24.7 Å². The van der Waals surface area contributed by atoms with E-state index in [-0.39, 0.29) is 5.69 Å². The van der Waals surface area contributed by atoms with Crippen LogP contribution in [-0.4, -0.2) is 44.6 Å².